The predicted molar refractivity (Wildman–Crippen MR) is 109 cm³/mol. The van der Waals surface area contributed by atoms with Gasteiger partial charge in [0.15, 0.2) is 11.5 Å². The molecular formula is C22H34N2O4. The second-order valence-electron chi connectivity index (χ2n) is 7.97. The Morgan fingerprint density at radius 3 is 2.50 bits per heavy atom. The number of likely N-dealkylation sites (N-methyl/N-ethyl adjacent to an activating group) is 1. The Hall–Kier alpha value is -1.63. The minimum atomic E-state index is -0.341. The van der Waals surface area contributed by atoms with E-state index in [0.717, 1.165) is 57.7 Å². The number of benzene rings is 1. The number of carbonyl (C=O) groups is 1. The maximum absolute atomic E-state index is 11.2. The van der Waals surface area contributed by atoms with E-state index in [1.807, 2.05) is 18.2 Å². The van der Waals surface area contributed by atoms with Crippen molar-refractivity contribution in [2.45, 2.75) is 58.3 Å². The zero-order valence-corrected chi connectivity index (χ0v) is 17.7. The first-order valence-corrected chi connectivity index (χ1v) is 10.4. The largest absolute Gasteiger partial charge is 0.493 e. The van der Waals surface area contributed by atoms with Crippen LogP contribution in [0.25, 0.3) is 0 Å². The molecule has 0 aliphatic carbocycles. The van der Waals surface area contributed by atoms with Crippen molar-refractivity contribution in [3.8, 4) is 11.5 Å². The molecule has 1 aromatic carbocycles. The van der Waals surface area contributed by atoms with Crippen molar-refractivity contribution in [1.82, 2.24) is 9.80 Å². The zero-order valence-electron chi connectivity index (χ0n) is 17.7. The Balaban J connectivity index is 1.48. The normalized spacial score (nSPS) is 21.5. The number of ether oxygens (including phenoxy) is 3. The van der Waals surface area contributed by atoms with Crippen LogP contribution in [0.4, 0.5) is 0 Å². The van der Waals surface area contributed by atoms with Gasteiger partial charge in [0.2, 0.25) is 0 Å². The van der Waals surface area contributed by atoms with Crippen molar-refractivity contribution in [1.29, 1.82) is 0 Å². The third-order valence-electron chi connectivity index (χ3n) is 6.03. The lowest BCUT2D eigenvalue weighted by Gasteiger charge is -2.53. The number of hydrogen-bond acceptors (Lipinski definition) is 6. The van der Waals surface area contributed by atoms with Gasteiger partial charge in [-0.25, -0.2) is 0 Å². The molecule has 2 heterocycles. The molecule has 0 N–H and O–H groups in total. The lowest BCUT2D eigenvalue weighted by atomic mass is 9.80. The molecule has 2 aliphatic rings. The Morgan fingerprint density at radius 1 is 1.25 bits per heavy atom. The van der Waals surface area contributed by atoms with Crippen molar-refractivity contribution in [3.63, 3.8) is 0 Å². The fourth-order valence-corrected chi connectivity index (χ4v) is 4.38. The second-order valence-corrected chi connectivity index (χ2v) is 7.97. The highest BCUT2D eigenvalue weighted by molar-refractivity contribution is 5.70. The standard InChI is InChI=1S/C22H34N2O4/c1-5-23(6-2)16-19-14-22(28-19)9-11-24(12-10-22)15-18-7-8-20(27-17(3)25)21(13-18)26-4/h7-8,13,19H,5-6,9-12,14-16H2,1-4H3. The van der Waals surface area contributed by atoms with Gasteiger partial charge in [0.1, 0.15) is 0 Å². The molecule has 1 aromatic rings. The summed E-state index contributed by atoms with van der Waals surface area (Å²) >= 11 is 0. The van der Waals surface area contributed by atoms with Gasteiger partial charge in [-0.3, -0.25) is 9.69 Å². The summed E-state index contributed by atoms with van der Waals surface area (Å²) in [6.07, 6.45) is 3.81. The molecular weight excluding hydrogens is 356 g/mol. The lowest BCUT2D eigenvalue weighted by Crippen LogP contribution is -2.59. The summed E-state index contributed by atoms with van der Waals surface area (Å²) in [7, 11) is 1.60. The Labute approximate surface area is 168 Å². The lowest BCUT2D eigenvalue weighted by molar-refractivity contribution is -0.229. The summed E-state index contributed by atoms with van der Waals surface area (Å²) < 4.78 is 16.9. The van der Waals surface area contributed by atoms with Gasteiger partial charge in [-0.2, -0.15) is 0 Å². The monoisotopic (exact) mass is 390 g/mol. The molecule has 0 saturated carbocycles. The van der Waals surface area contributed by atoms with Gasteiger partial charge in [-0.15, -0.1) is 0 Å². The Morgan fingerprint density at radius 2 is 1.93 bits per heavy atom. The van der Waals surface area contributed by atoms with E-state index < -0.39 is 0 Å². The first kappa shape index (κ1) is 21.1. The van der Waals surface area contributed by atoms with Gasteiger partial charge in [-0.1, -0.05) is 19.9 Å². The van der Waals surface area contributed by atoms with E-state index in [0.29, 0.717) is 17.6 Å². The topological polar surface area (TPSA) is 51.2 Å². The number of hydrogen-bond donors (Lipinski definition) is 0. The van der Waals surface area contributed by atoms with Crippen LogP contribution in [-0.2, 0) is 16.1 Å². The highest BCUT2D eigenvalue weighted by atomic mass is 16.6. The smallest absolute Gasteiger partial charge is 0.308 e. The summed E-state index contributed by atoms with van der Waals surface area (Å²) in [4.78, 5) is 16.1. The number of esters is 1. The van der Waals surface area contributed by atoms with Gasteiger partial charge in [0.05, 0.1) is 18.8 Å². The molecule has 0 radical (unpaired) electrons. The van der Waals surface area contributed by atoms with E-state index in [2.05, 4.69) is 23.6 Å². The van der Waals surface area contributed by atoms with E-state index in [-0.39, 0.29) is 11.6 Å². The fourth-order valence-electron chi connectivity index (χ4n) is 4.38. The average Bonchev–Trinajstić information content (AvgIpc) is 2.66. The molecule has 0 bridgehead atoms. The van der Waals surface area contributed by atoms with E-state index >= 15 is 0 Å². The Bertz CT molecular complexity index is 659. The maximum Gasteiger partial charge on any atom is 0.308 e. The molecule has 0 aromatic heterocycles. The molecule has 2 aliphatic heterocycles. The first-order valence-electron chi connectivity index (χ1n) is 10.4. The quantitative estimate of drug-likeness (QED) is 0.502. The summed E-state index contributed by atoms with van der Waals surface area (Å²) in [6.45, 7) is 12.0. The zero-order chi connectivity index (χ0) is 20.1. The van der Waals surface area contributed by atoms with Crippen LogP contribution >= 0.6 is 0 Å². The van der Waals surface area contributed by atoms with E-state index in [1.165, 1.54) is 13.3 Å². The SMILES string of the molecule is CCN(CC)CC1CC2(CCN(Cc3ccc(OC(C)=O)c(OC)c3)CC2)O1. The van der Waals surface area contributed by atoms with E-state index in [4.69, 9.17) is 14.2 Å². The number of piperidine rings is 1. The molecule has 0 amide bonds. The number of likely N-dealkylation sites (tertiary alicyclic amines) is 1. The van der Waals surface area contributed by atoms with Gasteiger partial charge in [0.25, 0.3) is 0 Å². The summed E-state index contributed by atoms with van der Waals surface area (Å²) in [5, 5.41) is 0. The van der Waals surface area contributed by atoms with Crippen LogP contribution in [0, 0.1) is 0 Å². The molecule has 3 rings (SSSR count). The van der Waals surface area contributed by atoms with Gasteiger partial charge in [-0.05, 0) is 43.6 Å². The van der Waals surface area contributed by atoms with Crippen molar-refractivity contribution < 1.29 is 19.0 Å². The van der Waals surface area contributed by atoms with E-state index in [1.54, 1.807) is 7.11 Å². The predicted octanol–water partition coefficient (Wildman–Crippen LogP) is 3.09. The molecule has 6 heteroatoms. The molecule has 2 fully saturated rings. The highest BCUT2D eigenvalue weighted by Gasteiger charge is 2.47. The van der Waals surface area contributed by atoms with Crippen LogP contribution in [0.5, 0.6) is 11.5 Å². The van der Waals surface area contributed by atoms with Crippen LogP contribution in [0.2, 0.25) is 0 Å². The maximum atomic E-state index is 11.2. The minimum absolute atomic E-state index is 0.116. The van der Waals surface area contributed by atoms with Crippen molar-refractivity contribution in [2.75, 3.05) is 39.8 Å². The van der Waals surface area contributed by atoms with Crippen LogP contribution in [0.3, 0.4) is 0 Å². The fraction of sp³-hybridized carbons (Fsp3) is 0.682. The summed E-state index contributed by atoms with van der Waals surface area (Å²) in [6, 6.07) is 5.78. The molecule has 1 spiro atoms. The van der Waals surface area contributed by atoms with Crippen LogP contribution in [-0.4, -0.2) is 67.3 Å². The third-order valence-corrected chi connectivity index (χ3v) is 6.03. The molecule has 156 valence electrons. The molecule has 1 atom stereocenters. The highest BCUT2D eigenvalue weighted by Crippen LogP contribution is 2.42. The van der Waals surface area contributed by atoms with Crippen LogP contribution < -0.4 is 9.47 Å². The molecule has 2 saturated heterocycles. The number of nitrogens with zero attached hydrogens (tertiary/aromatic N) is 2. The third kappa shape index (κ3) is 5.04. The average molecular weight is 391 g/mol. The summed E-state index contributed by atoms with van der Waals surface area (Å²) in [5.41, 5.74) is 1.28. The second kappa shape index (κ2) is 9.25. The Kier molecular flexibility index (Phi) is 6.96. The van der Waals surface area contributed by atoms with Crippen molar-refractivity contribution in [3.05, 3.63) is 23.8 Å². The van der Waals surface area contributed by atoms with Crippen LogP contribution in [0.15, 0.2) is 18.2 Å². The molecule has 28 heavy (non-hydrogen) atoms. The summed E-state index contributed by atoms with van der Waals surface area (Å²) in [5.74, 6) is 0.730. The van der Waals surface area contributed by atoms with Crippen molar-refractivity contribution in [2.24, 2.45) is 0 Å². The molecule has 6 nitrogen and oxygen atoms in total. The van der Waals surface area contributed by atoms with Crippen molar-refractivity contribution >= 4 is 5.97 Å². The first-order chi connectivity index (χ1) is 13.5. The molecule has 1 unspecified atom stereocenters. The number of carbonyl (C=O) groups excluding carboxylic acids is 1. The van der Waals surface area contributed by atoms with Gasteiger partial charge in [0, 0.05) is 39.5 Å². The van der Waals surface area contributed by atoms with Gasteiger partial charge < -0.3 is 19.1 Å². The van der Waals surface area contributed by atoms with E-state index in [9.17, 15) is 4.79 Å². The number of methoxy groups -OCH3 is 1. The minimum Gasteiger partial charge on any atom is -0.493 e. The number of rotatable bonds is 8. The van der Waals surface area contributed by atoms with Gasteiger partial charge >= 0.3 is 5.97 Å². The van der Waals surface area contributed by atoms with Crippen LogP contribution in [0.1, 0.15) is 45.6 Å².